The number of rotatable bonds is 65. The maximum Gasteiger partial charge on any atom is 0.305 e. The number of carbonyl (C=O) groups excluding carboxylic acids is 2. The van der Waals surface area contributed by atoms with Crippen LogP contribution in [0.4, 0.5) is 0 Å². The minimum Gasteiger partial charge on any atom is -0.466 e. The quantitative estimate of drug-likeness (QED) is 0.0320. The summed E-state index contributed by atoms with van der Waals surface area (Å²) in [6.07, 6.45) is 82.5. The first kappa shape index (κ1) is 74.3. The molecule has 450 valence electrons. The number of esters is 1. The molecule has 0 saturated heterocycles. The predicted octanol–water partition coefficient (Wildman–Crippen LogP) is 22.1. The predicted molar refractivity (Wildman–Crippen MR) is 333 cm³/mol. The summed E-state index contributed by atoms with van der Waals surface area (Å²) in [5.74, 6) is -0.0558. The first-order valence-corrected chi connectivity index (χ1v) is 34.6. The fourth-order valence-electron chi connectivity index (χ4n) is 10.9. The minimum absolute atomic E-state index is 0.00713. The van der Waals surface area contributed by atoms with Gasteiger partial charge in [0.05, 0.1) is 25.4 Å². The van der Waals surface area contributed by atoms with Crippen molar-refractivity contribution in [1.29, 1.82) is 0 Å². The first-order chi connectivity index (χ1) is 37.5. The van der Waals surface area contributed by atoms with E-state index in [9.17, 15) is 19.8 Å². The van der Waals surface area contributed by atoms with Gasteiger partial charge in [0.2, 0.25) is 5.91 Å². The Kier molecular flexibility index (Phi) is 64.4. The van der Waals surface area contributed by atoms with Gasteiger partial charge < -0.3 is 20.3 Å². The number of carbonyl (C=O) groups is 2. The van der Waals surface area contributed by atoms with Gasteiger partial charge in [0.15, 0.2) is 0 Å². The summed E-state index contributed by atoms with van der Waals surface area (Å²) < 4.78 is 5.48. The van der Waals surface area contributed by atoms with Gasteiger partial charge in [0.1, 0.15) is 0 Å². The third-order valence-corrected chi connectivity index (χ3v) is 16.2. The molecule has 0 fully saturated rings. The Balaban J connectivity index is 3.40. The van der Waals surface area contributed by atoms with Gasteiger partial charge in [-0.25, -0.2) is 0 Å². The molecule has 2 atom stereocenters. The molecule has 0 aromatic rings. The third-order valence-electron chi connectivity index (χ3n) is 16.2. The van der Waals surface area contributed by atoms with Crippen molar-refractivity contribution in [3.05, 3.63) is 24.3 Å². The van der Waals surface area contributed by atoms with Crippen molar-refractivity contribution in [3.63, 3.8) is 0 Å². The van der Waals surface area contributed by atoms with E-state index in [0.29, 0.717) is 19.4 Å². The second-order valence-electron chi connectivity index (χ2n) is 23.9. The van der Waals surface area contributed by atoms with Crippen molar-refractivity contribution in [2.24, 2.45) is 0 Å². The van der Waals surface area contributed by atoms with Crippen LogP contribution >= 0.6 is 0 Å². The Labute approximate surface area is 475 Å². The Morgan fingerprint density at radius 3 is 0.934 bits per heavy atom. The summed E-state index contributed by atoms with van der Waals surface area (Å²) >= 11 is 0. The number of amides is 1. The van der Waals surface area contributed by atoms with E-state index in [0.717, 1.165) is 44.9 Å². The molecule has 0 aromatic heterocycles. The van der Waals surface area contributed by atoms with Gasteiger partial charge in [-0.15, -0.1) is 0 Å². The van der Waals surface area contributed by atoms with Crippen LogP contribution in [0, 0.1) is 0 Å². The highest BCUT2D eigenvalue weighted by molar-refractivity contribution is 5.76. The average molecular weight is 1070 g/mol. The van der Waals surface area contributed by atoms with Crippen LogP contribution in [0.2, 0.25) is 0 Å². The Hall–Kier alpha value is -1.66. The van der Waals surface area contributed by atoms with E-state index in [1.165, 1.54) is 315 Å². The van der Waals surface area contributed by atoms with Crippen LogP contribution in [0.5, 0.6) is 0 Å². The molecular weight excluding hydrogens is 935 g/mol. The van der Waals surface area contributed by atoms with E-state index >= 15 is 0 Å². The van der Waals surface area contributed by atoms with E-state index < -0.39 is 12.1 Å². The van der Waals surface area contributed by atoms with Crippen molar-refractivity contribution in [3.8, 4) is 0 Å². The molecular formula is C70H135NO5. The maximum absolute atomic E-state index is 12.5. The van der Waals surface area contributed by atoms with Crippen molar-refractivity contribution >= 4 is 11.9 Å². The van der Waals surface area contributed by atoms with Gasteiger partial charge in [-0.05, 0) is 57.8 Å². The molecule has 0 aliphatic heterocycles. The lowest BCUT2D eigenvalue weighted by Crippen LogP contribution is -2.45. The fraction of sp³-hybridized carbons (Fsp3) is 0.914. The summed E-state index contributed by atoms with van der Waals surface area (Å²) in [5.41, 5.74) is 0. The second-order valence-corrected chi connectivity index (χ2v) is 23.9. The molecule has 0 heterocycles. The normalized spacial score (nSPS) is 12.6. The van der Waals surface area contributed by atoms with Gasteiger partial charge in [-0.3, -0.25) is 9.59 Å². The van der Waals surface area contributed by atoms with E-state index in [-0.39, 0.29) is 18.5 Å². The summed E-state index contributed by atoms with van der Waals surface area (Å²) in [6, 6.07) is -0.628. The van der Waals surface area contributed by atoms with E-state index in [1.54, 1.807) is 6.08 Å². The topological polar surface area (TPSA) is 95.9 Å². The van der Waals surface area contributed by atoms with Gasteiger partial charge in [0.25, 0.3) is 0 Å². The number of ether oxygens (including phenoxy) is 1. The Morgan fingerprint density at radius 2 is 0.618 bits per heavy atom. The number of nitrogens with one attached hydrogen (secondary N) is 1. The lowest BCUT2D eigenvalue weighted by Gasteiger charge is -2.20. The van der Waals surface area contributed by atoms with E-state index in [1.807, 2.05) is 6.08 Å². The van der Waals surface area contributed by atoms with Crippen molar-refractivity contribution in [1.82, 2.24) is 5.32 Å². The van der Waals surface area contributed by atoms with Crippen molar-refractivity contribution in [2.75, 3.05) is 13.2 Å². The number of aliphatic hydroxyl groups is 2. The highest BCUT2D eigenvalue weighted by Gasteiger charge is 2.18. The number of aliphatic hydroxyl groups excluding tert-OH is 2. The zero-order valence-corrected chi connectivity index (χ0v) is 51.5. The zero-order chi connectivity index (χ0) is 55.0. The molecule has 0 saturated carbocycles. The maximum atomic E-state index is 12.5. The number of unbranched alkanes of at least 4 members (excludes halogenated alkanes) is 52. The molecule has 3 N–H and O–H groups in total. The molecule has 0 aliphatic carbocycles. The molecule has 1 amide bonds. The lowest BCUT2D eigenvalue weighted by molar-refractivity contribution is -0.143. The van der Waals surface area contributed by atoms with Crippen LogP contribution in [0.25, 0.3) is 0 Å². The fourth-order valence-corrected chi connectivity index (χ4v) is 10.9. The Bertz CT molecular complexity index is 1190. The van der Waals surface area contributed by atoms with Crippen molar-refractivity contribution in [2.45, 2.75) is 398 Å². The molecule has 0 spiro atoms. The van der Waals surface area contributed by atoms with Crippen LogP contribution in [-0.2, 0) is 14.3 Å². The van der Waals surface area contributed by atoms with Crippen molar-refractivity contribution < 1.29 is 24.5 Å². The molecule has 6 heteroatoms. The molecule has 0 aromatic carbocycles. The average Bonchev–Trinajstić information content (AvgIpc) is 3.42. The molecule has 0 radical (unpaired) electrons. The highest BCUT2D eigenvalue weighted by atomic mass is 16.5. The Morgan fingerprint density at radius 1 is 0.355 bits per heavy atom. The highest BCUT2D eigenvalue weighted by Crippen LogP contribution is 2.19. The number of hydrogen-bond acceptors (Lipinski definition) is 5. The number of allylic oxidation sites excluding steroid dienone is 3. The zero-order valence-electron chi connectivity index (χ0n) is 51.5. The summed E-state index contributed by atoms with van der Waals surface area (Å²) in [4.78, 5) is 24.6. The SMILES string of the molecule is CCCCCCC/C=C\CCCCCCCC(=O)OCCCCCCCCCCCCCCCCCCCCCCCCCCC(=O)NC(CO)C(O)/C=C/CCCCCCCCCCCCCCCCCCCCC. The molecule has 0 aliphatic rings. The molecule has 6 nitrogen and oxygen atoms in total. The second kappa shape index (κ2) is 65.9. The third kappa shape index (κ3) is 61.6. The smallest absolute Gasteiger partial charge is 0.305 e. The molecule has 0 rings (SSSR count). The standard InChI is InChI=1S/C70H135NO5/c1-3-5-7-9-11-13-15-17-19-20-21-26-29-32-35-38-42-46-50-54-58-62-68(73)67(66-72)71-69(74)63-59-55-51-47-43-39-36-33-30-27-24-22-23-25-28-31-34-37-41-45-49-53-57-61-65-76-70(75)64-60-56-52-48-44-40-18-16-14-12-10-8-6-4-2/h16,18,58,62,67-68,72-73H,3-15,17,19-57,59-61,63-66H2,1-2H3,(H,71,74)/b18-16-,62-58+. The van der Waals surface area contributed by atoms with Gasteiger partial charge >= 0.3 is 5.97 Å². The minimum atomic E-state index is -0.844. The summed E-state index contributed by atoms with van der Waals surface area (Å²) in [7, 11) is 0. The van der Waals surface area contributed by atoms with Gasteiger partial charge in [-0.2, -0.15) is 0 Å². The molecule has 2 unspecified atom stereocenters. The van der Waals surface area contributed by atoms with Crippen LogP contribution in [-0.4, -0.2) is 47.4 Å². The summed E-state index contributed by atoms with van der Waals surface area (Å²) in [6.45, 7) is 4.93. The largest absolute Gasteiger partial charge is 0.466 e. The van der Waals surface area contributed by atoms with Crippen LogP contribution < -0.4 is 5.32 Å². The summed E-state index contributed by atoms with van der Waals surface area (Å²) in [5, 5.41) is 23.2. The monoisotopic (exact) mass is 1070 g/mol. The molecule has 0 bridgehead atoms. The lowest BCUT2D eigenvalue weighted by atomic mass is 10.0. The molecule has 76 heavy (non-hydrogen) atoms. The first-order valence-electron chi connectivity index (χ1n) is 34.6. The number of hydrogen-bond donors (Lipinski definition) is 3. The van der Waals surface area contributed by atoms with Crippen LogP contribution in [0.3, 0.4) is 0 Å². The van der Waals surface area contributed by atoms with E-state index in [2.05, 4.69) is 31.3 Å². The van der Waals surface area contributed by atoms with Crippen LogP contribution in [0.15, 0.2) is 24.3 Å². The van der Waals surface area contributed by atoms with Crippen LogP contribution in [0.1, 0.15) is 386 Å². The van der Waals surface area contributed by atoms with Gasteiger partial charge in [0, 0.05) is 12.8 Å². The van der Waals surface area contributed by atoms with E-state index in [4.69, 9.17) is 4.74 Å². The van der Waals surface area contributed by atoms with Gasteiger partial charge in [-0.1, -0.05) is 340 Å².